The molecule has 0 aromatic rings. The highest BCUT2D eigenvalue weighted by Gasteiger charge is 2.12. The first kappa shape index (κ1) is 12.0. The Bertz CT molecular complexity index is 233. The lowest BCUT2D eigenvalue weighted by Gasteiger charge is -2.20. The van der Waals surface area contributed by atoms with Crippen LogP contribution in [0.25, 0.3) is 0 Å². The molecule has 15 heavy (non-hydrogen) atoms. The van der Waals surface area contributed by atoms with Gasteiger partial charge in [-0.1, -0.05) is 32.1 Å². The molecule has 1 rings (SSSR count). The van der Waals surface area contributed by atoms with Crippen molar-refractivity contribution in [2.24, 2.45) is 11.0 Å². The molecule has 0 heterocycles. The maximum absolute atomic E-state index is 10.4. The molecule has 4 heteroatoms. The van der Waals surface area contributed by atoms with Gasteiger partial charge >= 0.3 is 5.97 Å². The minimum atomic E-state index is -0.958. The predicted octanol–water partition coefficient (Wildman–Crippen LogP) is 2.01. The third kappa shape index (κ3) is 4.81. The molecular formula is C11H20N2O2. The van der Waals surface area contributed by atoms with Gasteiger partial charge in [0, 0.05) is 6.54 Å². The highest BCUT2D eigenvalue weighted by molar-refractivity contribution is 6.34. The summed E-state index contributed by atoms with van der Waals surface area (Å²) >= 11 is 0. The van der Waals surface area contributed by atoms with Crippen molar-refractivity contribution >= 4 is 11.7 Å². The summed E-state index contributed by atoms with van der Waals surface area (Å²) in [5.41, 5.74) is 2.94. The lowest BCUT2D eigenvalue weighted by molar-refractivity contribution is -0.129. The zero-order chi connectivity index (χ0) is 11.1. The van der Waals surface area contributed by atoms with Crippen LogP contribution in [0.15, 0.2) is 5.10 Å². The van der Waals surface area contributed by atoms with Gasteiger partial charge in [0.15, 0.2) is 0 Å². The molecular weight excluding hydrogens is 192 g/mol. The first-order valence-electron chi connectivity index (χ1n) is 5.70. The van der Waals surface area contributed by atoms with E-state index in [1.54, 1.807) is 0 Å². The molecule has 0 radical (unpaired) electrons. The van der Waals surface area contributed by atoms with Crippen LogP contribution in [0.5, 0.6) is 0 Å². The van der Waals surface area contributed by atoms with Crippen LogP contribution in [0, 0.1) is 5.92 Å². The smallest absolute Gasteiger partial charge is 0.351 e. The van der Waals surface area contributed by atoms with Gasteiger partial charge in [0.1, 0.15) is 5.71 Å². The molecule has 1 saturated carbocycles. The van der Waals surface area contributed by atoms with E-state index in [1.165, 1.54) is 39.0 Å². The van der Waals surface area contributed by atoms with Crippen LogP contribution in [0.1, 0.15) is 45.4 Å². The van der Waals surface area contributed by atoms with Crippen LogP contribution >= 0.6 is 0 Å². The van der Waals surface area contributed by atoms with Gasteiger partial charge in [0.05, 0.1) is 0 Å². The Morgan fingerprint density at radius 2 is 2.07 bits per heavy atom. The van der Waals surface area contributed by atoms with Crippen molar-refractivity contribution in [2.45, 2.75) is 45.4 Å². The van der Waals surface area contributed by atoms with E-state index in [-0.39, 0.29) is 5.71 Å². The minimum Gasteiger partial charge on any atom is -0.477 e. The maximum atomic E-state index is 10.4. The summed E-state index contributed by atoms with van der Waals surface area (Å²) in [6.45, 7) is 2.28. The Morgan fingerprint density at radius 1 is 1.40 bits per heavy atom. The summed E-state index contributed by atoms with van der Waals surface area (Å²) in [7, 11) is 0. The molecule has 86 valence electrons. The van der Waals surface area contributed by atoms with Crippen molar-refractivity contribution in [3.63, 3.8) is 0 Å². The molecule has 0 aliphatic heterocycles. The second kappa shape index (κ2) is 6.43. The summed E-state index contributed by atoms with van der Waals surface area (Å²) in [4.78, 5) is 10.4. The molecule has 4 nitrogen and oxygen atoms in total. The quantitative estimate of drug-likeness (QED) is 0.416. The SMILES string of the molecule is C/C(=N\NCCC1CCCCC1)C(=O)O. The minimum absolute atomic E-state index is 0.124. The Labute approximate surface area is 90.8 Å². The fourth-order valence-corrected chi connectivity index (χ4v) is 1.97. The van der Waals surface area contributed by atoms with Gasteiger partial charge in [-0.05, 0) is 19.3 Å². The number of rotatable bonds is 5. The topological polar surface area (TPSA) is 61.7 Å². The number of carboxylic acid groups (broad SMARTS) is 1. The first-order valence-corrected chi connectivity index (χ1v) is 5.70. The fourth-order valence-electron chi connectivity index (χ4n) is 1.97. The normalized spacial score (nSPS) is 18.9. The van der Waals surface area contributed by atoms with Gasteiger partial charge < -0.3 is 10.5 Å². The van der Waals surface area contributed by atoms with Crippen molar-refractivity contribution in [1.29, 1.82) is 0 Å². The Kier molecular flexibility index (Phi) is 5.15. The fraction of sp³-hybridized carbons (Fsp3) is 0.818. The van der Waals surface area contributed by atoms with Crippen molar-refractivity contribution < 1.29 is 9.90 Å². The van der Waals surface area contributed by atoms with Crippen molar-refractivity contribution in [3.05, 3.63) is 0 Å². The van der Waals surface area contributed by atoms with E-state index in [0.29, 0.717) is 0 Å². The summed E-state index contributed by atoms with van der Waals surface area (Å²) in [5, 5.41) is 12.3. The number of carboxylic acids is 1. The molecule has 0 atom stereocenters. The summed E-state index contributed by atoms with van der Waals surface area (Å²) < 4.78 is 0. The van der Waals surface area contributed by atoms with E-state index in [2.05, 4.69) is 10.5 Å². The number of hydrogen-bond donors (Lipinski definition) is 2. The van der Waals surface area contributed by atoms with Crippen molar-refractivity contribution in [2.75, 3.05) is 6.54 Å². The third-order valence-corrected chi connectivity index (χ3v) is 2.95. The standard InChI is InChI=1S/C11H20N2O2/c1-9(11(14)15)13-12-8-7-10-5-3-2-4-6-10/h10,12H,2-8H2,1H3,(H,14,15)/b13-9+. The van der Waals surface area contributed by atoms with Crippen LogP contribution in [-0.2, 0) is 4.79 Å². The van der Waals surface area contributed by atoms with E-state index < -0.39 is 5.97 Å². The zero-order valence-corrected chi connectivity index (χ0v) is 9.33. The third-order valence-electron chi connectivity index (χ3n) is 2.95. The lowest BCUT2D eigenvalue weighted by Crippen LogP contribution is -2.18. The molecule has 0 unspecified atom stereocenters. The number of nitrogens with zero attached hydrogens (tertiary/aromatic N) is 1. The van der Waals surface area contributed by atoms with Gasteiger partial charge in [0.25, 0.3) is 0 Å². The van der Waals surface area contributed by atoms with E-state index >= 15 is 0 Å². The van der Waals surface area contributed by atoms with Gasteiger partial charge in [0.2, 0.25) is 0 Å². The monoisotopic (exact) mass is 212 g/mol. The molecule has 0 saturated heterocycles. The average molecular weight is 212 g/mol. The Hall–Kier alpha value is -1.06. The van der Waals surface area contributed by atoms with Crippen molar-refractivity contribution in [3.8, 4) is 0 Å². The molecule has 0 bridgehead atoms. The van der Waals surface area contributed by atoms with Gasteiger partial charge in [-0.2, -0.15) is 5.10 Å². The lowest BCUT2D eigenvalue weighted by atomic mass is 9.87. The van der Waals surface area contributed by atoms with Crippen LogP contribution in [0.3, 0.4) is 0 Å². The highest BCUT2D eigenvalue weighted by atomic mass is 16.4. The first-order chi connectivity index (χ1) is 7.20. The Balaban J connectivity index is 2.10. The van der Waals surface area contributed by atoms with Crippen LogP contribution < -0.4 is 5.43 Å². The van der Waals surface area contributed by atoms with E-state index in [4.69, 9.17) is 5.11 Å². The zero-order valence-electron chi connectivity index (χ0n) is 9.33. The summed E-state index contributed by atoms with van der Waals surface area (Å²) in [5.74, 6) is -0.147. The summed E-state index contributed by atoms with van der Waals surface area (Å²) in [6, 6.07) is 0. The molecule has 1 aliphatic carbocycles. The van der Waals surface area contributed by atoms with E-state index in [9.17, 15) is 4.79 Å². The molecule has 1 aliphatic rings. The molecule has 0 aromatic heterocycles. The second-order valence-electron chi connectivity index (χ2n) is 4.20. The molecule has 0 aromatic carbocycles. The predicted molar refractivity (Wildman–Crippen MR) is 59.9 cm³/mol. The van der Waals surface area contributed by atoms with Crippen LogP contribution in [0.4, 0.5) is 0 Å². The van der Waals surface area contributed by atoms with Gasteiger partial charge in [-0.15, -0.1) is 0 Å². The maximum Gasteiger partial charge on any atom is 0.351 e. The number of aliphatic carboxylic acids is 1. The molecule has 0 spiro atoms. The molecule has 0 amide bonds. The molecule has 1 fully saturated rings. The number of hydrogen-bond acceptors (Lipinski definition) is 3. The summed E-state index contributed by atoms with van der Waals surface area (Å²) in [6.07, 6.45) is 7.83. The number of nitrogens with one attached hydrogen (secondary N) is 1. The average Bonchev–Trinajstić information content (AvgIpc) is 2.25. The highest BCUT2D eigenvalue weighted by Crippen LogP contribution is 2.25. The van der Waals surface area contributed by atoms with E-state index in [1.807, 2.05) is 0 Å². The number of hydrazone groups is 1. The van der Waals surface area contributed by atoms with E-state index in [0.717, 1.165) is 18.9 Å². The van der Waals surface area contributed by atoms with Gasteiger partial charge in [-0.25, -0.2) is 4.79 Å². The Morgan fingerprint density at radius 3 is 2.67 bits per heavy atom. The molecule has 2 N–H and O–H groups in total. The number of carbonyl (C=O) groups is 1. The van der Waals surface area contributed by atoms with Crippen LogP contribution in [0.2, 0.25) is 0 Å². The second-order valence-corrected chi connectivity index (χ2v) is 4.20. The van der Waals surface area contributed by atoms with Crippen molar-refractivity contribution in [1.82, 2.24) is 5.43 Å². The van der Waals surface area contributed by atoms with Crippen LogP contribution in [-0.4, -0.2) is 23.3 Å². The van der Waals surface area contributed by atoms with Gasteiger partial charge in [-0.3, -0.25) is 0 Å². The largest absolute Gasteiger partial charge is 0.477 e.